The smallest absolute Gasteiger partial charge is 0.170 e. The van der Waals surface area contributed by atoms with Crippen LogP contribution in [0.5, 0.6) is 0 Å². The average molecular weight is 264 g/mol. The van der Waals surface area contributed by atoms with Gasteiger partial charge >= 0.3 is 0 Å². The molecular weight excluding hydrogens is 240 g/mol. The molecule has 0 atom stereocenters. The van der Waals surface area contributed by atoms with Gasteiger partial charge in [0.25, 0.3) is 0 Å². The zero-order valence-electron chi connectivity index (χ0n) is 11.7. The van der Waals surface area contributed by atoms with Crippen molar-refractivity contribution in [3.63, 3.8) is 0 Å². The molecule has 1 aromatic rings. The van der Waals surface area contributed by atoms with Crippen LogP contribution in [0.25, 0.3) is 0 Å². The number of aryl methyl sites for hydroxylation is 1. The number of rotatable bonds is 6. The maximum atomic E-state index is 5.29. The third-order valence-electron chi connectivity index (χ3n) is 3.17. The molecule has 0 saturated carbocycles. The maximum absolute atomic E-state index is 5.29. The molecular formula is C15H24N2S. The molecule has 1 aromatic carbocycles. The molecule has 0 aliphatic heterocycles. The number of thiocarbonyl (C=S) groups is 1. The lowest BCUT2D eigenvalue weighted by Crippen LogP contribution is -2.29. The third-order valence-corrected chi connectivity index (χ3v) is 3.42. The van der Waals surface area contributed by atoms with Crippen LogP contribution in [0.2, 0.25) is 0 Å². The van der Waals surface area contributed by atoms with E-state index in [4.69, 9.17) is 12.2 Å². The second-order valence-corrected chi connectivity index (χ2v) is 5.10. The fourth-order valence-electron chi connectivity index (χ4n) is 1.81. The van der Waals surface area contributed by atoms with Gasteiger partial charge in [-0.1, -0.05) is 38.3 Å². The Bertz CT molecular complexity index is 388. The number of benzene rings is 1. The van der Waals surface area contributed by atoms with E-state index in [-0.39, 0.29) is 0 Å². The van der Waals surface area contributed by atoms with Crippen LogP contribution in [0.3, 0.4) is 0 Å². The van der Waals surface area contributed by atoms with Crippen LogP contribution in [0, 0.1) is 13.8 Å². The summed E-state index contributed by atoms with van der Waals surface area (Å²) in [5.41, 5.74) is 3.64. The molecule has 0 aromatic heterocycles. The van der Waals surface area contributed by atoms with Gasteiger partial charge in [-0.3, -0.25) is 0 Å². The van der Waals surface area contributed by atoms with E-state index in [1.54, 1.807) is 0 Å². The minimum atomic E-state index is 0.722. The van der Waals surface area contributed by atoms with Crippen molar-refractivity contribution in [3.8, 4) is 0 Å². The number of nitrogens with one attached hydrogen (secondary N) is 2. The summed E-state index contributed by atoms with van der Waals surface area (Å²) in [5.74, 6) is 0. The van der Waals surface area contributed by atoms with E-state index in [1.807, 2.05) is 0 Å². The number of hydrogen-bond donors (Lipinski definition) is 2. The Hall–Kier alpha value is -1.09. The van der Waals surface area contributed by atoms with E-state index in [1.165, 1.54) is 36.8 Å². The van der Waals surface area contributed by atoms with E-state index in [2.05, 4.69) is 49.6 Å². The number of unbranched alkanes of at least 4 members (excludes halogenated alkanes) is 3. The fourth-order valence-corrected chi connectivity index (χ4v) is 2.02. The lowest BCUT2D eigenvalue weighted by Gasteiger charge is -2.13. The molecule has 2 N–H and O–H groups in total. The second kappa shape index (κ2) is 8.09. The van der Waals surface area contributed by atoms with Gasteiger partial charge in [-0.05, 0) is 49.7 Å². The average Bonchev–Trinajstić information content (AvgIpc) is 2.35. The van der Waals surface area contributed by atoms with Crippen molar-refractivity contribution < 1.29 is 0 Å². The summed E-state index contributed by atoms with van der Waals surface area (Å²) in [7, 11) is 0. The molecule has 0 aliphatic carbocycles. The van der Waals surface area contributed by atoms with Crippen LogP contribution in [0.1, 0.15) is 43.7 Å². The quantitative estimate of drug-likeness (QED) is 0.595. The van der Waals surface area contributed by atoms with Gasteiger partial charge in [0.1, 0.15) is 0 Å². The summed E-state index contributed by atoms with van der Waals surface area (Å²) in [6.07, 6.45) is 5.03. The first kappa shape index (κ1) is 15.0. The molecule has 3 heteroatoms. The molecule has 0 radical (unpaired) electrons. The van der Waals surface area contributed by atoms with E-state index in [0.717, 1.165) is 17.3 Å². The second-order valence-electron chi connectivity index (χ2n) is 4.69. The Morgan fingerprint density at radius 2 is 1.94 bits per heavy atom. The third kappa shape index (κ3) is 5.05. The summed E-state index contributed by atoms with van der Waals surface area (Å²) in [5, 5.41) is 7.24. The van der Waals surface area contributed by atoms with E-state index >= 15 is 0 Å². The van der Waals surface area contributed by atoms with E-state index in [9.17, 15) is 0 Å². The molecule has 18 heavy (non-hydrogen) atoms. The SMILES string of the molecule is CCCCCCNC(=S)Nc1cccc(C)c1C. The number of anilines is 1. The van der Waals surface area contributed by atoms with Crippen molar-refractivity contribution in [2.24, 2.45) is 0 Å². The Morgan fingerprint density at radius 3 is 2.67 bits per heavy atom. The van der Waals surface area contributed by atoms with Crippen LogP contribution in [-0.2, 0) is 0 Å². The maximum Gasteiger partial charge on any atom is 0.170 e. The molecule has 2 nitrogen and oxygen atoms in total. The molecule has 100 valence electrons. The van der Waals surface area contributed by atoms with Crippen molar-refractivity contribution in [3.05, 3.63) is 29.3 Å². The van der Waals surface area contributed by atoms with Gasteiger partial charge in [0.05, 0.1) is 0 Å². The lowest BCUT2D eigenvalue weighted by atomic mass is 10.1. The zero-order chi connectivity index (χ0) is 13.4. The van der Waals surface area contributed by atoms with Gasteiger partial charge in [0, 0.05) is 12.2 Å². The van der Waals surface area contributed by atoms with E-state index < -0.39 is 0 Å². The van der Waals surface area contributed by atoms with Crippen molar-refractivity contribution >= 4 is 23.0 Å². The minimum Gasteiger partial charge on any atom is -0.362 e. The topological polar surface area (TPSA) is 24.1 Å². The highest BCUT2D eigenvalue weighted by molar-refractivity contribution is 7.80. The normalized spacial score (nSPS) is 10.2. The predicted molar refractivity (Wildman–Crippen MR) is 84.3 cm³/mol. The first-order chi connectivity index (χ1) is 8.65. The summed E-state index contributed by atoms with van der Waals surface area (Å²) >= 11 is 5.29. The van der Waals surface area contributed by atoms with Crippen molar-refractivity contribution in [2.75, 3.05) is 11.9 Å². The molecule has 1 rings (SSSR count). The van der Waals surface area contributed by atoms with Crippen LogP contribution >= 0.6 is 12.2 Å². The van der Waals surface area contributed by atoms with Gasteiger partial charge < -0.3 is 10.6 Å². The summed E-state index contributed by atoms with van der Waals surface area (Å²) in [6, 6.07) is 6.23. The lowest BCUT2D eigenvalue weighted by molar-refractivity contribution is 0.655. The predicted octanol–water partition coefficient (Wildman–Crippen LogP) is 4.17. The highest BCUT2D eigenvalue weighted by Gasteiger charge is 2.02. The molecule has 0 aliphatic rings. The van der Waals surface area contributed by atoms with Crippen LogP contribution in [0.4, 0.5) is 5.69 Å². The fraction of sp³-hybridized carbons (Fsp3) is 0.533. The highest BCUT2D eigenvalue weighted by atomic mass is 32.1. The van der Waals surface area contributed by atoms with Crippen LogP contribution in [0.15, 0.2) is 18.2 Å². The Labute approximate surface area is 116 Å². The summed E-state index contributed by atoms with van der Waals surface area (Å²) < 4.78 is 0. The zero-order valence-corrected chi connectivity index (χ0v) is 12.5. The van der Waals surface area contributed by atoms with E-state index in [0.29, 0.717) is 0 Å². The van der Waals surface area contributed by atoms with Gasteiger partial charge in [-0.25, -0.2) is 0 Å². The molecule has 0 unspecified atom stereocenters. The van der Waals surface area contributed by atoms with Crippen LogP contribution < -0.4 is 10.6 Å². The summed E-state index contributed by atoms with van der Waals surface area (Å²) in [4.78, 5) is 0. The Morgan fingerprint density at radius 1 is 1.17 bits per heavy atom. The minimum absolute atomic E-state index is 0.722. The van der Waals surface area contributed by atoms with Gasteiger partial charge in [0.2, 0.25) is 0 Å². The molecule has 0 bridgehead atoms. The van der Waals surface area contributed by atoms with Gasteiger partial charge in [-0.2, -0.15) is 0 Å². The molecule has 0 heterocycles. The highest BCUT2D eigenvalue weighted by Crippen LogP contribution is 2.17. The molecule has 0 amide bonds. The Balaban J connectivity index is 2.34. The summed E-state index contributed by atoms with van der Waals surface area (Å²) in [6.45, 7) is 7.40. The Kier molecular flexibility index (Phi) is 6.73. The first-order valence-electron chi connectivity index (χ1n) is 6.76. The van der Waals surface area contributed by atoms with Gasteiger partial charge in [-0.15, -0.1) is 0 Å². The monoisotopic (exact) mass is 264 g/mol. The van der Waals surface area contributed by atoms with Crippen molar-refractivity contribution in [2.45, 2.75) is 46.5 Å². The van der Waals surface area contributed by atoms with Crippen LogP contribution in [-0.4, -0.2) is 11.7 Å². The standard InChI is InChI=1S/C15H24N2S/c1-4-5-6-7-11-16-15(18)17-14-10-8-9-12(2)13(14)3/h8-10H,4-7,11H2,1-3H3,(H2,16,17,18). The number of hydrogen-bond acceptors (Lipinski definition) is 1. The van der Waals surface area contributed by atoms with Crippen molar-refractivity contribution in [1.82, 2.24) is 5.32 Å². The first-order valence-corrected chi connectivity index (χ1v) is 7.17. The molecule has 0 spiro atoms. The molecule has 0 fully saturated rings. The molecule has 0 saturated heterocycles. The van der Waals surface area contributed by atoms with Gasteiger partial charge in [0.15, 0.2) is 5.11 Å². The largest absolute Gasteiger partial charge is 0.362 e. The van der Waals surface area contributed by atoms with Crippen molar-refractivity contribution in [1.29, 1.82) is 0 Å².